The Morgan fingerprint density at radius 3 is 2.75 bits per heavy atom. The summed E-state index contributed by atoms with van der Waals surface area (Å²) in [5, 5.41) is 8.12. The fourth-order valence-electron chi connectivity index (χ4n) is 2.21. The Morgan fingerprint density at radius 2 is 1.92 bits per heavy atom. The van der Waals surface area contributed by atoms with Gasteiger partial charge in [-0.1, -0.05) is 41.6 Å². The Balaban J connectivity index is 1.70. The van der Waals surface area contributed by atoms with Crippen molar-refractivity contribution in [2.24, 2.45) is 0 Å². The second-order valence-electron chi connectivity index (χ2n) is 5.19. The fraction of sp³-hybridized carbons (Fsp3) is 0.111. The lowest BCUT2D eigenvalue weighted by Crippen LogP contribution is -2.26. The molecule has 1 aromatic heterocycles. The van der Waals surface area contributed by atoms with Crippen LogP contribution in [-0.4, -0.2) is 21.0 Å². The van der Waals surface area contributed by atoms with Crippen molar-refractivity contribution in [3.63, 3.8) is 0 Å². The van der Waals surface area contributed by atoms with Gasteiger partial charge in [-0.15, -0.1) is 5.10 Å². The molecule has 0 radical (unpaired) electrons. The molecule has 2 aromatic carbocycles. The Morgan fingerprint density at radius 1 is 1.17 bits per heavy atom. The molecule has 0 unspecified atom stereocenters. The zero-order valence-corrected chi connectivity index (χ0v) is 13.0. The van der Waals surface area contributed by atoms with Gasteiger partial charge in [0.15, 0.2) is 6.73 Å². The Labute approximate surface area is 138 Å². The molecule has 6 nitrogen and oxygen atoms in total. The highest BCUT2D eigenvalue weighted by molar-refractivity contribution is 5.87. The quantitative estimate of drug-likeness (QED) is 0.544. The van der Waals surface area contributed by atoms with Gasteiger partial charge in [0.1, 0.15) is 5.52 Å². The molecule has 3 rings (SSSR count). The molecule has 0 spiro atoms. The summed E-state index contributed by atoms with van der Waals surface area (Å²) in [6.07, 6.45) is 2.99. The summed E-state index contributed by atoms with van der Waals surface area (Å²) in [6.45, 7) is 1.67. The predicted molar refractivity (Wildman–Crippen MR) is 90.1 cm³/mol. The lowest BCUT2D eigenvalue weighted by Gasteiger charge is -2.05. The van der Waals surface area contributed by atoms with Crippen LogP contribution in [-0.2, 0) is 16.3 Å². The van der Waals surface area contributed by atoms with Crippen molar-refractivity contribution in [1.82, 2.24) is 15.0 Å². The average molecular weight is 321 g/mol. The molecule has 0 amide bonds. The summed E-state index contributed by atoms with van der Waals surface area (Å²) >= 11 is 0. The largest absolute Gasteiger partial charge is 0.439 e. The maximum absolute atomic E-state index is 12.2. The van der Waals surface area contributed by atoms with E-state index in [2.05, 4.69) is 10.3 Å². The van der Waals surface area contributed by atoms with Gasteiger partial charge in [-0.25, -0.2) is 4.79 Å². The third kappa shape index (κ3) is 3.38. The zero-order valence-electron chi connectivity index (χ0n) is 13.0. The van der Waals surface area contributed by atoms with Crippen LogP contribution in [0.5, 0.6) is 0 Å². The van der Waals surface area contributed by atoms with Gasteiger partial charge in [0, 0.05) is 6.08 Å². The van der Waals surface area contributed by atoms with Gasteiger partial charge in [0.05, 0.1) is 5.39 Å². The normalized spacial score (nSPS) is 11.0. The summed E-state index contributed by atoms with van der Waals surface area (Å²) in [5.41, 5.74) is 2.14. The number of carbonyl (C=O) groups excluding carboxylic acids is 1. The van der Waals surface area contributed by atoms with Crippen LogP contribution in [0.2, 0.25) is 0 Å². The smallest absolute Gasteiger partial charge is 0.332 e. The summed E-state index contributed by atoms with van der Waals surface area (Å²) in [6, 6.07) is 14.5. The van der Waals surface area contributed by atoms with Crippen LogP contribution in [0.15, 0.2) is 59.4 Å². The number of esters is 1. The van der Waals surface area contributed by atoms with Gasteiger partial charge in [0.2, 0.25) is 0 Å². The number of aryl methyl sites for hydroxylation is 1. The molecule has 0 atom stereocenters. The number of rotatable bonds is 4. The van der Waals surface area contributed by atoms with E-state index >= 15 is 0 Å². The molecule has 0 saturated heterocycles. The third-order valence-corrected chi connectivity index (χ3v) is 3.55. The van der Waals surface area contributed by atoms with Crippen molar-refractivity contribution in [3.05, 3.63) is 76.1 Å². The van der Waals surface area contributed by atoms with Gasteiger partial charge in [0.25, 0.3) is 5.56 Å². The van der Waals surface area contributed by atoms with E-state index in [0.29, 0.717) is 10.9 Å². The number of fused-ring (bicyclic) bond motifs is 1. The van der Waals surface area contributed by atoms with Crippen molar-refractivity contribution in [2.75, 3.05) is 0 Å². The minimum atomic E-state index is -0.555. The van der Waals surface area contributed by atoms with E-state index in [-0.39, 0.29) is 12.3 Å². The Hall–Kier alpha value is -3.28. The minimum Gasteiger partial charge on any atom is -0.439 e. The van der Waals surface area contributed by atoms with Crippen molar-refractivity contribution in [3.8, 4) is 0 Å². The molecule has 0 aliphatic heterocycles. The molecule has 0 saturated carbocycles. The lowest BCUT2D eigenvalue weighted by molar-refractivity contribution is -0.141. The lowest BCUT2D eigenvalue weighted by atomic mass is 10.1. The molecule has 0 aliphatic rings. The standard InChI is InChI=1S/C18H15N3O3/c1-13-6-2-3-7-14(13)10-11-17(22)24-12-21-18(23)15-8-4-5-9-16(15)19-20-21/h2-11H,12H2,1H3/b11-10+. The van der Waals surface area contributed by atoms with E-state index < -0.39 is 5.97 Å². The summed E-state index contributed by atoms with van der Waals surface area (Å²) in [7, 11) is 0. The van der Waals surface area contributed by atoms with E-state index in [1.807, 2.05) is 31.2 Å². The number of hydrogen-bond acceptors (Lipinski definition) is 5. The van der Waals surface area contributed by atoms with Crippen LogP contribution in [0.4, 0.5) is 0 Å². The van der Waals surface area contributed by atoms with Crippen LogP contribution in [0.3, 0.4) is 0 Å². The molecule has 6 heteroatoms. The topological polar surface area (TPSA) is 74.1 Å². The predicted octanol–water partition coefficient (Wildman–Crippen LogP) is 2.31. The van der Waals surface area contributed by atoms with Gasteiger partial charge < -0.3 is 4.74 Å². The molecule has 0 N–H and O–H groups in total. The fourth-order valence-corrected chi connectivity index (χ4v) is 2.21. The number of ether oxygens (including phenoxy) is 1. The SMILES string of the molecule is Cc1ccccc1/C=C/C(=O)OCn1nnc2ccccc2c1=O. The Bertz CT molecular complexity index is 976. The monoisotopic (exact) mass is 321 g/mol. The number of hydrogen-bond donors (Lipinski definition) is 0. The van der Waals surface area contributed by atoms with Crippen molar-refractivity contribution >= 4 is 22.9 Å². The van der Waals surface area contributed by atoms with E-state index in [0.717, 1.165) is 15.8 Å². The highest BCUT2D eigenvalue weighted by Gasteiger charge is 2.06. The highest BCUT2D eigenvalue weighted by atomic mass is 16.5. The molecule has 120 valence electrons. The highest BCUT2D eigenvalue weighted by Crippen LogP contribution is 2.09. The first-order chi connectivity index (χ1) is 11.6. The van der Waals surface area contributed by atoms with Crippen molar-refractivity contribution < 1.29 is 9.53 Å². The van der Waals surface area contributed by atoms with Crippen molar-refractivity contribution in [2.45, 2.75) is 13.7 Å². The summed E-state index contributed by atoms with van der Waals surface area (Å²) < 4.78 is 6.07. The minimum absolute atomic E-state index is 0.284. The van der Waals surface area contributed by atoms with Gasteiger partial charge in [-0.2, -0.15) is 4.68 Å². The molecule has 0 aliphatic carbocycles. The molecule has 24 heavy (non-hydrogen) atoms. The number of carbonyl (C=O) groups is 1. The van der Waals surface area contributed by atoms with Crippen LogP contribution in [0.25, 0.3) is 17.0 Å². The van der Waals surface area contributed by atoms with Crippen LogP contribution in [0.1, 0.15) is 11.1 Å². The van der Waals surface area contributed by atoms with E-state index in [1.165, 1.54) is 6.08 Å². The molecule has 3 aromatic rings. The first kappa shape index (κ1) is 15.6. The summed E-state index contributed by atoms with van der Waals surface area (Å²) in [4.78, 5) is 24.0. The van der Waals surface area contributed by atoms with E-state index in [9.17, 15) is 9.59 Å². The number of nitrogens with zero attached hydrogens (tertiary/aromatic N) is 3. The first-order valence-corrected chi connectivity index (χ1v) is 7.38. The third-order valence-electron chi connectivity index (χ3n) is 3.55. The summed E-state index contributed by atoms with van der Waals surface area (Å²) in [5.74, 6) is -0.555. The second-order valence-corrected chi connectivity index (χ2v) is 5.19. The van der Waals surface area contributed by atoms with E-state index in [4.69, 9.17) is 4.74 Å². The first-order valence-electron chi connectivity index (χ1n) is 7.38. The van der Waals surface area contributed by atoms with E-state index in [1.54, 1.807) is 30.3 Å². The molecule has 0 bridgehead atoms. The number of aromatic nitrogens is 3. The van der Waals surface area contributed by atoms with Gasteiger partial charge >= 0.3 is 5.97 Å². The van der Waals surface area contributed by atoms with Gasteiger partial charge in [-0.05, 0) is 36.3 Å². The average Bonchev–Trinajstić information content (AvgIpc) is 2.61. The van der Waals surface area contributed by atoms with Crippen LogP contribution in [0, 0.1) is 6.92 Å². The molecule has 0 fully saturated rings. The van der Waals surface area contributed by atoms with Crippen LogP contribution < -0.4 is 5.56 Å². The maximum atomic E-state index is 12.2. The van der Waals surface area contributed by atoms with Gasteiger partial charge in [-0.3, -0.25) is 4.79 Å². The molecular weight excluding hydrogens is 306 g/mol. The Kier molecular flexibility index (Phi) is 4.47. The van der Waals surface area contributed by atoms with Crippen molar-refractivity contribution in [1.29, 1.82) is 0 Å². The zero-order chi connectivity index (χ0) is 16.9. The van der Waals surface area contributed by atoms with Crippen LogP contribution >= 0.6 is 0 Å². The second kappa shape index (κ2) is 6.87. The number of benzene rings is 2. The molecular formula is C18H15N3O3. The molecule has 1 heterocycles. The maximum Gasteiger partial charge on any atom is 0.332 e.